The molecule has 0 radical (unpaired) electrons. The summed E-state index contributed by atoms with van der Waals surface area (Å²) in [4.78, 5) is 10.9. The average Bonchev–Trinajstić information content (AvgIpc) is 2.41. The maximum absolute atomic E-state index is 10.9. The second kappa shape index (κ2) is 6.42. The summed E-state index contributed by atoms with van der Waals surface area (Å²) in [6, 6.07) is 7.49. The molecule has 2 rings (SSSR count). The molecule has 1 atom stereocenters. The zero-order valence-electron chi connectivity index (χ0n) is 10.3. The van der Waals surface area contributed by atoms with Gasteiger partial charge in [-0.05, 0) is 41.5 Å². The Morgan fingerprint density at radius 2 is 1.57 bits per heavy atom. The van der Waals surface area contributed by atoms with Gasteiger partial charge in [0, 0.05) is 15.6 Å². The number of carbonyl (C=O) groups is 1. The minimum Gasteiger partial charge on any atom is -0.479 e. The van der Waals surface area contributed by atoms with E-state index in [-0.39, 0.29) is 20.6 Å². The summed E-state index contributed by atoms with van der Waals surface area (Å²) in [5.41, 5.74) is 1.14. The third kappa shape index (κ3) is 3.62. The lowest BCUT2D eigenvalue weighted by atomic mass is 10.0. The molecule has 2 aromatic carbocycles. The highest BCUT2D eigenvalue weighted by Crippen LogP contribution is 2.38. The van der Waals surface area contributed by atoms with Crippen LogP contribution in [-0.4, -0.2) is 16.2 Å². The predicted molar refractivity (Wildman–Crippen MR) is 84.5 cm³/mol. The van der Waals surface area contributed by atoms with Crippen molar-refractivity contribution in [2.45, 2.75) is 6.10 Å². The number of carboxylic acids is 1. The molecule has 0 amide bonds. The summed E-state index contributed by atoms with van der Waals surface area (Å²) in [6.07, 6.45) is -1.68. The molecule has 0 bridgehead atoms. The van der Waals surface area contributed by atoms with E-state index < -0.39 is 12.1 Å². The molecule has 3 nitrogen and oxygen atoms in total. The van der Waals surface area contributed by atoms with Crippen LogP contribution in [0.2, 0.25) is 20.1 Å². The number of rotatable bonds is 3. The molecule has 0 aliphatic rings. The van der Waals surface area contributed by atoms with Gasteiger partial charge in [-0.2, -0.15) is 0 Å². The first kappa shape index (κ1) is 16.4. The number of hydrogen-bond donors (Lipinski definition) is 2. The first-order chi connectivity index (χ1) is 9.79. The largest absolute Gasteiger partial charge is 0.479 e. The zero-order chi connectivity index (χ0) is 15.7. The molecule has 0 heterocycles. The molecule has 0 aliphatic carbocycles. The number of aliphatic hydroxyl groups is 1. The van der Waals surface area contributed by atoms with Gasteiger partial charge in [-0.3, -0.25) is 0 Å². The monoisotopic (exact) mass is 364 g/mol. The summed E-state index contributed by atoms with van der Waals surface area (Å²) in [5.74, 6) is -1.38. The molecule has 7 heteroatoms. The van der Waals surface area contributed by atoms with E-state index in [2.05, 4.69) is 0 Å². The van der Waals surface area contributed by atoms with Crippen LogP contribution in [0.4, 0.5) is 0 Å². The number of aliphatic hydroxyl groups excluding tert-OH is 1. The van der Waals surface area contributed by atoms with Crippen LogP contribution in [-0.2, 0) is 4.79 Å². The number of halogens is 4. The van der Waals surface area contributed by atoms with Crippen molar-refractivity contribution in [2.75, 3.05) is 0 Å². The fraction of sp³-hybridized carbons (Fsp3) is 0.0714. The molecule has 110 valence electrons. The summed E-state index contributed by atoms with van der Waals surface area (Å²) in [5, 5.41) is 19.7. The molecule has 0 saturated carbocycles. The molecule has 0 saturated heterocycles. The summed E-state index contributed by atoms with van der Waals surface area (Å²) in [6.45, 7) is 0. The Kier molecular flexibility index (Phi) is 5.02. The maximum Gasteiger partial charge on any atom is 0.337 e. The second-order valence-corrected chi connectivity index (χ2v) is 5.92. The van der Waals surface area contributed by atoms with Gasteiger partial charge in [-0.25, -0.2) is 4.79 Å². The number of carboxylic acid groups (broad SMARTS) is 1. The highest BCUT2D eigenvalue weighted by molar-refractivity contribution is 6.45. The van der Waals surface area contributed by atoms with E-state index in [1.54, 1.807) is 12.1 Å². The van der Waals surface area contributed by atoms with Crippen LogP contribution in [0.5, 0.6) is 0 Å². The summed E-state index contributed by atoms with van der Waals surface area (Å²) < 4.78 is 0. The van der Waals surface area contributed by atoms with Gasteiger partial charge in [0.15, 0.2) is 6.10 Å². The zero-order valence-corrected chi connectivity index (χ0v) is 13.3. The van der Waals surface area contributed by atoms with Crippen molar-refractivity contribution in [2.24, 2.45) is 0 Å². The highest BCUT2D eigenvalue weighted by Gasteiger charge is 2.18. The lowest BCUT2D eigenvalue weighted by Crippen LogP contribution is -2.10. The number of aliphatic carboxylic acids is 1. The Balaban J connectivity index is 2.63. The van der Waals surface area contributed by atoms with Crippen LogP contribution in [0.15, 0.2) is 30.3 Å². The van der Waals surface area contributed by atoms with Crippen molar-refractivity contribution < 1.29 is 15.0 Å². The Morgan fingerprint density at radius 3 is 2.19 bits per heavy atom. The second-order valence-electron chi connectivity index (χ2n) is 4.26. The van der Waals surface area contributed by atoms with E-state index in [1.807, 2.05) is 0 Å². The van der Waals surface area contributed by atoms with Gasteiger partial charge >= 0.3 is 5.97 Å². The van der Waals surface area contributed by atoms with Gasteiger partial charge in [-0.1, -0.05) is 46.4 Å². The van der Waals surface area contributed by atoms with E-state index in [9.17, 15) is 9.90 Å². The Morgan fingerprint density at radius 1 is 0.952 bits per heavy atom. The van der Waals surface area contributed by atoms with Crippen LogP contribution >= 0.6 is 46.4 Å². The third-order valence-corrected chi connectivity index (χ3v) is 4.01. The van der Waals surface area contributed by atoms with E-state index in [0.717, 1.165) is 0 Å². The lowest BCUT2D eigenvalue weighted by Gasteiger charge is -2.12. The Bertz CT molecular complexity index is 716. The third-order valence-electron chi connectivity index (χ3n) is 2.77. The smallest absolute Gasteiger partial charge is 0.337 e. The fourth-order valence-corrected chi connectivity index (χ4v) is 2.79. The van der Waals surface area contributed by atoms with Crippen LogP contribution < -0.4 is 0 Å². The van der Waals surface area contributed by atoms with E-state index in [0.29, 0.717) is 16.1 Å². The van der Waals surface area contributed by atoms with E-state index in [1.165, 1.54) is 18.2 Å². The van der Waals surface area contributed by atoms with Crippen molar-refractivity contribution in [3.63, 3.8) is 0 Å². The van der Waals surface area contributed by atoms with Crippen molar-refractivity contribution in [3.8, 4) is 11.1 Å². The van der Waals surface area contributed by atoms with Crippen molar-refractivity contribution in [3.05, 3.63) is 56.0 Å². The SMILES string of the molecule is O=C(O)C(O)c1cc(Cl)cc(-c2cc(Cl)cc(Cl)c2Cl)c1. The van der Waals surface area contributed by atoms with Crippen molar-refractivity contribution in [1.29, 1.82) is 0 Å². The molecule has 1 unspecified atom stereocenters. The Hall–Kier alpha value is -0.970. The summed E-state index contributed by atoms with van der Waals surface area (Å²) in [7, 11) is 0. The predicted octanol–water partition coefficient (Wildman–Crippen LogP) is 5.09. The highest BCUT2D eigenvalue weighted by atomic mass is 35.5. The normalized spacial score (nSPS) is 12.2. The standard InChI is InChI=1S/C14H8Cl4O3/c15-8-2-6(1-7(3-8)13(19)14(20)21)10-4-9(16)5-11(17)12(10)18/h1-5,13,19H,(H,20,21). The first-order valence-electron chi connectivity index (χ1n) is 5.66. The van der Waals surface area contributed by atoms with E-state index in [4.69, 9.17) is 51.5 Å². The van der Waals surface area contributed by atoms with Gasteiger partial charge in [0.05, 0.1) is 10.0 Å². The van der Waals surface area contributed by atoms with Gasteiger partial charge in [0.1, 0.15) is 0 Å². The molecular formula is C14H8Cl4O3. The fourth-order valence-electron chi connectivity index (χ4n) is 1.83. The van der Waals surface area contributed by atoms with Gasteiger partial charge in [0.2, 0.25) is 0 Å². The molecular weight excluding hydrogens is 358 g/mol. The minimum absolute atomic E-state index is 0.136. The molecule has 0 fully saturated rings. The Labute approximate surface area is 140 Å². The summed E-state index contributed by atoms with van der Waals surface area (Å²) >= 11 is 24.0. The topological polar surface area (TPSA) is 57.5 Å². The van der Waals surface area contributed by atoms with Crippen LogP contribution in [0.1, 0.15) is 11.7 Å². The number of benzene rings is 2. The molecule has 0 aliphatic heterocycles. The first-order valence-corrected chi connectivity index (χ1v) is 7.17. The average molecular weight is 366 g/mol. The molecule has 0 spiro atoms. The van der Waals surface area contributed by atoms with Crippen molar-refractivity contribution >= 4 is 52.4 Å². The van der Waals surface area contributed by atoms with Gasteiger partial charge < -0.3 is 10.2 Å². The lowest BCUT2D eigenvalue weighted by molar-refractivity contribution is -0.146. The van der Waals surface area contributed by atoms with Crippen molar-refractivity contribution in [1.82, 2.24) is 0 Å². The molecule has 2 N–H and O–H groups in total. The van der Waals surface area contributed by atoms with Gasteiger partial charge in [-0.15, -0.1) is 0 Å². The molecule has 2 aromatic rings. The quantitative estimate of drug-likeness (QED) is 0.745. The van der Waals surface area contributed by atoms with Gasteiger partial charge in [0.25, 0.3) is 0 Å². The molecule has 0 aromatic heterocycles. The number of hydrogen-bond acceptors (Lipinski definition) is 2. The minimum atomic E-state index is -1.68. The van der Waals surface area contributed by atoms with Crippen LogP contribution in [0.25, 0.3) is 11.1 Å². The van der Waals surface area contributed by atoms with E-state index >= 15 is 0 Å². The maximum atomic E-state index is 10.9. The molecule has 21 heavy (non-hydrogen) atoms. The van der Waals surface area contributed by atoms with Crippen LogP contribution in [0.3, 0.4) is 0 Å². The van der Waals surface area contributed by atoms with Crippen LogP contribution in [0, 0.1) is 0 Å².